The van der Waals surface area contributed by atoms with E-state index in [1.54, 1.807) is 11.2 Å². The van der Waals surface area contributed by atoms with Crippen molar-refractivity contribution in [2.75, 3.05) is 29.9 Å². The maximum Gasteiger partial charge on any atom is 0.260 e. The van der Waals surface area contributed by atoms with Crippen molar-refractivity contribution < 1.29 is 14.4 Å². The van der Waals surface area contributed by atoms with Crippen LogP contribution < -0.4 is 25.8 Å². The number of aryl methyl sites for hydroxylation is 1. The normalized spacial score (nSPS) is 13.4. The Bertz CT molecular complexity index is 1630. The van der Waals surface area contributed by atoms with Crippen molar-refractivity contribution in [1.82, 2.24) is 40.7 Å². The smallest absolute Gasteiger partial charge is 0.260 e. The predicted molar refractivity (Wildman–Crippen MR) is 201 cm³/mol. The maximum atomic E-state index is 13.8. The molecule has 4 rings (SSSR count). The number of carbonyl (C=O) groups excluding carboxylic acids is 3. The van der Waals surface area contributed by atoms with Crippen LogP contribution in [0.25, 0.3) is 11.5 Å². The highest BCUT2D eigenvalue weighted by Crippen LogP contribution is 2.32. The first-order chi connectivity index (χ1) is 24.3. The third-order valence-corrected chi connectivity index (χ3v) is 9.73. The fourth-order valence-electron chi connectivity index (χ4n) is 5.74. The van der Waals surface area contributed by atoms with Crippen LogP contribution in [-0.2, 0) is 29.2 Å². The second-order valence-electron chi connectivity index (χ2n) is 14.9. The van der Waals surface area contributed by atoms with Crippen LogP contribution in [0.2, 0.25) is 0 Å². The summed E-state index contributed by atoms with van der Waals surface area (Å²) in [5.41, 5.74) is 2.87. The molecule has 3 aromatic rings. The number of nitrogens with one attached hydrogen (secondary N) is 3. The number of fused-ring (bicyclic) bond motifs is 1. The van der Waals surface area contributed by atoms with Gasteiger partial charge in [-0.15, -0.1) is 10.2 Å². The standard InChI is InChI=1S/C38H58N10O3/c1-9-47-25-41-45-36(47)30-17-16-18-32(43-30)48-24-29-28(37(48)51)21-33(46(8)26(2)3)44-31(29)22-39-23-35(50)40-20-15-13-11-10-12-14-19-34(49)42-27(4)38(5,6)7/h16-18,21,25-27,39H,9-15,19-20,22-24H2,1-8H3,(H,40,50)(H,42,49)/t27-/m1/s1. The number of rotatable bonds is 19. The number of nitrogens with zero attached hydrogens (tertiary/aromatic N) is 7. The molecule has 0 radical (unpaired) electrons. The summed E-state index contributed by atoms with van der Waals surface area (Å²) in [4.78, 5) is 52.1. The van der Waals surface area contributed by atoms with Gasteiger partial charge in [0.05, 0.1) is 24.3 Å². The van der Waals surface area contributed by atoms with Crippen molar-refractivity contribution in [1.29, 1.82) is 0 Å². The lowest BCUT2D eigenvalue weighted by molar-refractivity contribution is -0.122. The third-order valence-electron chi connectivity index (χ3n) is 9.73. The molecule has 278 valence electrons. The van der Waals surface area contributed by atoms with E-state index in [1.807, 2.05) is 47.7 Å². The summed E-state index contributed by atoms with van der Waals surface area (Å²) in [5.74, 6) is 1.81. The Kier molecular flexibility index (Phi) is 14.1. The first-order valence-electron chi connectivity index (χ1n) is 18.5. The minimum Gasteiger partial charge on any atom is -0.357 e. The summed E-state index contributed by atoms with van der Waals surface area (Å²) in [6.07, 6.45) is 8.30. The number of pyridine rings is 2. The number of hydrogen-bond acceptors (Lipinski definition) is 9. The zero-order chi connectivity index (χ0) is 37.1. The number of carbonyl (C=O) groups is 3. The van der Waals surface area contributed by atoms with E-state index in [0.29, 0.717) is 61.3 Å². The Morgan fingerprint density at radius 1 is 1.00 bits per heavy atom. The van der Waals surface area contributed by atoms with E-state index in [-0.39, 0.29) is 41.8 Å². The van der Waals surface area contributed by atoms with Crippen molar-refractivity contribution in [2.45, 2.75) is 125 Å². The van der Waals surface area contributed by atoms with Gasteiger partial charge in [-0.25, -0.2) is 9.97 Å². The molecule has 1 aliphatic rings. The summed E-state index contributed by atoms with van der Waals surface area (Å²) < 4.78 is 1.91. The molecule has 0 aromatic carbocycles. The van der Waals surface area contributed by atoms with Crippen LogP contribution in [0.1, 0.15) is 115 Å². The molecule has 0 bridgehead atoms. The molecule has 13 nitrogen and oxygen atoms in total. The monoisotopic (exact) mass is 702 g/mol. The van der Waals surface area contributed by atoms with Gasteiger partial charge in [0, 0.05) is 50.7 Å². The van der Waals surface area contributed by atoms with Gasteiger partial charge in [-0.3, -0.25) is 19.3 Å². The summed E-state index contributed by atoms with van der Waals surface area (Å²) in [6, 6.07) is 7.76. The number of anilines is 2. The molecule has 0 fully saturated rings. The Hall–Kier alpha value is -4.39. The first kappa shape index (κ1) is 39.4. The molecule has 3 amide bonds. The van der Waals surface area contributed by atoms with Crippen molar-refractivity contribution in [3.63, 3.8) is 0 Å². The van der Waals surface area contributed by atoms with Gasteiger partial charge in [0.2, 0.25) is 11.8 Å². The first-order valence-corrected chi connectivity index (χ1v) is 18.5. The minimum absolute atomic E-state index is 0.0607. The summed E-state index contributed by atoms with van der Waals surface area (Å²) in [7, 11) is 1.96. The van der Waals surface area contributed by atoms with E-state index in [0.717, 1.165) is 49.8 Å². The molecule has 0 unspecified atom stereocenters. The molecule has 0 spiro atoms. The zero-order valence-corrected chi connectivity index (χ0v) is 31.9. The molecular formula is C38H58N10O3. The average Bonchev–Trinajstić information content (AvgIpc) is 3.71. The van der Waals surface area contributed by atoms with Crippen LogP contribution in [0.5, 0.6) is 0 Å². The van der Waals surface area contributed by atoms with Crippen molar-refractivity contribution in [3.05, 3.63) is 47.4 Å². The SMILES string of the molecule is CCn1cnnc1-c1cccc(N2Cc3c(cc(N(C)C(C)C)nc3CNCC(=O)NCCCCCCCCC(=O)N[C@H](C)C(C)(C)C)C2=O)n1. The number of unbranched alkanes of at least 4 members (excludes halogenated alkanes) is 5. The predicted octanol–water partition coefficient (Wildman–Crippen LogP) is 5.25. The molecule has 3 aromatic heterocycles. The largest absolute Gasteiger partial charge is 0.357 e. The van der Waals surface area contributed by atoms with Gasteiger partial charge in [0.25, 0.3) is 5.91 Å². The molecule has 4 heterocycles. The summed E-state index contributed by atoms with van der Waals surface area (Å²) in [5, 5.41) is 17.6. The molecule has 0 aliphatic carbocycles. The molecule has 1 atom stereocenters. The highest BCUT2D eigenvalue weighted by atomic mass is 16.2. The quantitative estimate of drug-likeness (QED) is 0.142. The van der Waals surface area contributed by atoms with E-state index in [9.17, 15) is 14.4 Å². The van der Waals surface area contributed by atoms with Gasteiger partial charge < -0.3 is 25.4 Å². The Labute approximate surface area is 303 Å². The second-order valence-corrected chi connectivity index (χ2v) is 14.9. The van der Waals surface area contributed by atoms with Gasteiger partial charge in [-0.05, 0) is 64.2 Å². The van der Waals surface area contributed by atoms with Crippen molar-refractivity contribution >= 4 is 29.4 Å². The second kappa shape index (κ2) is 18.2. The Morgan fingerprint density at radius 2 is 1.73 bits per heavy atom. The highest BCUT2D eigenvalue weighted by molar-refractivity contribution is 6.10. The van der Waals surface area contributed by atoms with Crippen LogP contribution in [0.3, 0.4) is 0 Å². The van der Waals surface area contributed by atoms with E-state index < -0.39 is 0 Å². The fourth-order valence-corrected chi connectivity index (χ4v) is 5.74. The fraction of sp³-hybridized carbons (Fsp3) is 0.605. The minimum atomic E-state index is -0.136. The zero-order valence-electron chi connectivity index (χ0n) is 31.9. The lowest BCUT2D eigenvalue weighted by atomic mass is 9.88. The van der Waals surface area contributed by atoms with Crippen molar-refractivity contribution in [3.8, 4) is 11.5 Å². The molecule has 1 aliphatic heterocycles. The van der Waals surface area contributed by atoms with Gasteiger partial charge >= 0.3 is 0 Å². The topological polar surface area (TPSA) is 150 Å². The van der Waals surface area contributed by atoms with E-state index in [1.165, 1.54) is 0 Å². The van der Waals surface area contributed by atoms with Gasteiger partial charge in [0.1, 0.15) is 23.7 Å². The molecule has 13 heteroatoms. The Balaban J connectivity index is 1.25. The lowest BCUT2D eigenvalue weighted by Crippen LogP contribution is -2.41. The van der Waals surface area contributed by atoms with Crippen LogP contribution >= 0.6 is 0 Å². The van der Waals surface area contributed by atoms with E-state index in [2.05, 4.69) is 67.7 Å². The van der Waals surface area contributed by atoms with Crippen LogP contribution in [-0.4, -0.2) is 74.7 Å². The number of hydrogen-bond donors (Lipinski definition) is 3. The summed E-state index contributed by atoms with van der Waals surface area (Å²) in [6.45, 7) is 16.8. The molecule has 51 heavy (non-hydrogen) atoms. The van der Waals surface area contributed by atoms with E-state index in [4.69, 9.17) is 9.97 Å². The van der Waals surface area contributed by atoms with Gasteiger partial charge in [-0.2, -0.15) is 0 Å². The molecule has 0 saturated heterocycles. The van der Waals surface area contributed by atoms with Crippen LogP contribution in [0, 0.1) is 5.41 Å². The lowest BCUT2D eigenvalue weighted by Gasteiger charge is -2.28. The molecule has 0 saturated carbocycles. The maximum absolute atomic E-state index is 13.8. The number of amides is 3. The molecule has 3 N–H and O–H groups in total. The highest BCUT2D eigenvalue weighted by Gasteiger charge is 2.33. The number of aromatic nitrogens is 5. The summed E-state index contributed by atoms with van der Waals surface area (Å²) >= 11 is 0. The molecular weight excluding hydrogens is 644 g/mol. The average molecular weight is 703 g/mol. The Morgan fingerprint density at radius 3 is 2.43 bits per heavy atom. The van der Waals surface area contributed by atoms with Crippen LogP contribution in [0.15, 0.2) is 30.6 Å². The van der Waals surface area contributed by atoms with Gasteiger partial charge in [0.15, 0.2) is 5.82 Å². The van der Waals surface area contributed by atoms with E-state index >= 15 is 0 Å². The third kappa shape index (κ3) is 10.8. The van der Waals surface area contributed by atoms with Crippen LogP contribution in [0.4, 0.5) is 11.6 Å². The van der Waals surface area contributed by atoms with Crippen molar-refractivity contribution in [2.24, 2.45) is 5.41 Å². The van der Waals surface area contributed by atoms with Gasteiger partial charge in [-0.1, -0.05) is 52.5 Å².